The van der Waals surface area contributed by atoms with Gasteiger partial charge in [0.25, 0.3) is 5.91 Å². The number of nitrogens with zero attached hydrogens (tertiary/aromatic N) is 1. The number of ether oxygens (including phenoxy) is 1. The summed E-state index contributed by atoms with van der Waals surface area (Å²) in [5, 5.41) is 5.54. The van der Waals surface area contributed by atoms with E-state index in [4.69, 9.17) is 4.74 Å². The summed E-state index contributed by atoms with van der Waals surface area (Å²) in [6.45, 7) is 5.46. The van der Waals surface area contributed by atoms with E-state index in [0.29, 0.717) is 5.56 Å². The lowest BCUT2D eigenvalue weighted by atomic mass is 10.0. The highest BCUT2D eigenvalue weighted by atomic mass is 32.1. The molecule has 0 fully saturated rings. The van der Waals surface area contributed by atoms with Crippen LogP contribution < -0.4 is 5.32 Å². The molecule has 3 rings (SSSR count). The van der Waals surface area contributed by atoms with Crippen molar-refractivity contribution >= 4 is 34.1 Å². The molecule has 1 amide bonds. The number of para-hydroxylation sites is 1. The molecule has 1 N–H and O–H groups in total. The molecule has 27 heavy (non-hydrogen) atoms. The summed E-state index contributed by atoms with van der Waals surface area (Å²) < 4.78 is 5.32. The highest BCUT2D eigenvalue weighted by Gasteiger charge is 2.20. The minimum absolute atomic E-state index is 0.119. The molecule has 0 saturated carbocycles. The third-order valence-corrected chi connectivity index (χ3v) is 5.51. The summed E-state index contributed by atoms with van der Waals surface area (Å²) in [5.41, 5.74) is 2.89. The van der Waals surface area contributed by atoms with Crippen molar-refractivity contribution < 1.29 is 14.3 Å². The molecule has 0 aliphatic carbocycles. The van der Waals surface area contributed by atoms with E-state index >= 15 is 0 Å². The van der Waals surface area contributed by atoms with Crippen LogP contribution in [0.15, 0.2) is 41.8 Å². The van der Waals surface area contributed by atoms with Crippen molar-refractivity contribution in [1.82, 2.24) is 10.3 Å². The van der Waals surface area contributed by atoms with E-state index < -0.39 is 5.97 Å². The lowest BCUT2D eigenvalue weighted by molar-refractivity contribution is -0.124. The largest absolute Gasteiger partial charge is 0.452 e. The van der Waals surface area contributed by atoms with E-state index in [-0.39, 0.29) is 18.6 Å². The van der Waals surface area contributed by atoms with Gasteiger partial charge in [0.2, 0.25) is 0 Å². The summed E-state index contributed by atoms with van der Waals surface area (Å²) in [5.74, 6) is -0.823. The van der Waals surface area contributed by atoms with E-state index in [0.717, 1.165) is 33.5 Å². The Bertz CT molecular complexity index is 967. The molecule has 0 saturated heterocycles. The number of carbonyl (C=O) groups excluding carboxylic acids is 2. The van der Waals surface area contributed by atoms with Gasteiger partial charge in [-0.15, -0.1) is 11.3 Å². The van der Waals surface area contributed by atoms with E-state index in [2.05, 4.69) is 10.3 Å². The molecule has 1 aromatic carbocycles. The van der Waals surface area contributed by atoms with Gasteiger partial charge in [-0.05, 0) is 43.3 Å². The average Bonchev–Trinajstić information content (AvgIpc) is 3.20. The van der Waals surface area contributed by atoms with Crippen molar-refractivity contribution in [2.24, 2.45) is 0 Å². The zero-order valence-electron chi connectivity index (χ0n) is 15.6. The molecule has 0 bridgehead atoms. The Kier molecular flexibility index (Phi) is 5.86. The third kappa shape index (κ3) is 4.17. The van der Waals surface area contributed by atoms with Gasteiger partial charge in [0.05, 0.1) is 17.1 Å². The molecule has 2 heterocycles. The molecule has 140 valence electrons. The van der Waals surface area contributed by atoms with Gasteiger partial charge in [0.1, 0.15) is 0 Å². The monoisotopic (exact) mass is 382 g/mol. The number of amides is 1. The summed E-state index contributed by atoms with van der Waals surface area (Å²) in [7, 11) is 0. The highest BCUT2D eigenvalue weighted by Crippen LogP contribution is 2.24. The van der Waals surface area contributed by atoms with Crippen molar-refractivity contribution in [3.05, 3.63) is 63.5 Å². The number of rotatable bonds is 6. The number of hydrogen-bond donors (Lipinski definition) is 1. The minimum Gasteiger partial charge on any atom is -0.452 e. The maximum Gasteiger partial charge on any atom is 0.339 e. The minimum atomic E-state index is -0.500. The number of carbonyl (C=O) groups is 2. The number of aryl methyl sites for hydroxylation is 1. The first kappa shape index (κ1) is 19.0. The Morgan fingerprint density at radius 2 is 2.00 bits per heavy atom. The van der Waals surface area contributed by atoms with E-state index in [1.165, 1.54) is 0 Å². The first-order chi connectivity index (χ1) is 13.0. The van der Waals surface area contributed by atoms with Gasteiger partial charge in [-0.3, -0.25) is 9.78 Å². The number of thiophene rings is 1. The van der Waals surface area contributed by atoms with Crippen molar-refractivity contribution in [3.8, 4) is 0 Å². The number of hydrogen-bond acceptors (Lipinski definition) is 5. The SMILES string of the molecule is CCc1nc2ccccc2c(C(=O)OCC(=O)N[C@H](C)c2cccs2)c1C. The first-order valence-corrected chi connectivity index (χ1v) is 9.77. The van der Waals surface area contributed by atoms with Crippen LogP contribution in [0.4, 0.5) is 0 Å². The molecule has 0 aliphatic rings. The normalized spacial score (nSPS) is 12.0. The maximum absolute atomic E-state index is 12.7. The maximum atomic E-state index is 12.7. The fourth-order valence-electron chi connectivity index (χ4n) is 3.06. The fourth-order valence-corrected chi connectivity index (χ4v) is 3.80. The molecule has 0 spiro atoms. The van der Waals surface area contributed by atoms with Gasteiger partial charge >= 0.3 is 5.97 Å². The van der Waals surface area contributed by atoms with Gasteiger partial charge < -0.3 is 10.1 Å². The van der Waals surface area contributed by atoms with Crippen molar-refractivity contribution in [2.75, 3.05) is 6.61 Å². The Labute approximate surface area is 162 Å². The van der Waals surface area contributed by atoms with Gasteiger partial charge in [-0.2, -0.15) is 0 Å². The number of esters is 1. The number of nitrogens with one attached hydrogen (secondary N) is 1. The third-order valence-electron chi connectivity index (χ3n) is 4.46. The predicted octanol–water partition coefficient (Wildman–Crippen LogP) is 4.20. The molecule has 2 aromatic heterocycles. The predicted molar refractivity (Wildman–Crippen MR) is 107 cm³/mol. The van der Waals surface area contributed by atoms with Crippen LogP contribution in [0.2, 0.25) is 0 Å². The van der Waals surface area contributed by atoms with Crippen LogP contribution in [0, 0.1) is 6.92 Å². The second-order valence-electron chi connectivity index (χ2n) is 6.31. The molecule has 5 nitrogen and oxygen atoms in total. The molecule has 0 unspecified atom stereocenters. The number of pyridine rings is 1. The Hall–Kier alpha value is -2.73. The molecular weight excluding hydrogens is 360 g/mol. The van der Waals surface area contributed by atoms with Crippen LogP contribution in [-0.4, -0.2) is 23.5 Å². The number of fused-ring (bicyclic) bond motifs is 1. The van der Waals surface area contributed by atoms with Gasteiger partial charge in [-0.25, -0.2) is 4.79 Å². The van der Waals surface area contributed by atoms with E-state index in [1.807, 2.05) is 62.5 Å². The topological polar surface area (TPSA) is 68.3 Å². The zero-order chi connectivity index (χ0) is 19.4. The van der Waals surface area contributed by atoms with Crippen LogP contribution in [0.5, 0.6) is 0 Å². The van der Waals surface area contributed by atoms with Gasteiger partial charge in [0, 0.05) is 16.0 Å². The quantitative estimate of drug-likeness (QED) is 0.649. The lowest BCUT2D eigenvalue weighted by Gasteiger charge is -2.14. The van der Waals surface area contributed by atoms with Crippen molar-refractivity contribution in [1.29, 1.82) is 0 Å². The summed E-state index contributed by atoms with van der Waals surface area (Å²) in [4.78, 5) is 30.6. The van der Waals surface area contributed by atoms with Crippen LogP contribution in [0.25, 0.3) is 10.9 Å². The van der Waals surface area contributed by atoms with Crippen LogP contribution in [0.3, 0.4) is 0 Å². The van der Waals surface area contributed by atoms with Crippen LogP contribution >= 0.6 is 11.3 Å². The average molecular weight is 382 g/mol. The van der Waals surface area contributed by atoms with Crippen molar-refractivity contribution in [3.63, 3.8) is 0 Å². The Morgan fingerprint density at radius 3 is 2.70 bits per heavy atom. The zero-order valence-corrected chi connectivity index (χ0v) is 16.4. The fraction of sp³-hybridized carbons (Fsp3) is 0.286. The molecule has 6 heteroatoms. The second-order valence-corrected chi connectivity index (χ2v) is 7.29. The summed E-state index contributed by atoms with van der Waals surface area (Å²) in [6.07, 6.45) is 0.718. The Balaban J connectivity index is 1.74. The molecule has 3 aromatic rings. The standard InChI is InChI=1S/C21H22N2O3S/c1-4-16-13(2)20(15-8-5-6-9-17(15)23-16)21(25)26-12-19(24)22-14(3)18-10-7-11-27-18/h5-11,14H,4,12H2,1-3H3,(H,22,24)/t14-/m1/s1. The molecule has 0 aliphatic heterocycles. The molecule has 0 radical (unpaired) electrons. The smallest absolute Gasteiger partial charge is 0.339 e. The summed E-state index contributed by atoms with van der Waals surface area (Å²) in [6, 6.07) is 11.3. The van der Waals surface area contributed by atoms with Crippen molar-refractivity contribution in [2.45, 2.75) is 33.2 Å². The first-order valence-electron chi connectivity index (χ1n) is 8.89. The van der Waals surface area contributed by atoms with Crippen LogP contribution in [0.1, 0.15) is 46.4 Å². The van der Waals surface area contributed by atoms with Gasteiger partial charge in [0.15, 0.2) is 6.61 Å². The molecule has 1 atom stereocenters. The Morgan fingerprint density at radius 1 is 1.22 bits per heavy atom. The van der Waals surface area contributed by atoms with E-state index in [1.54, 1.807) is 11.3 Å². The lowest BCUT2D eigenvalue weighted by Crippen LogP contribution is -2.31. The number of benzene rings is 1. The van der Waals surface area contributed by atoms with E-state index in [9.17, 15) is 9.59 Å². The number of aromatic nitrogens is 1. The second kappa shape index (κ2) is 8.31. The highest BCUT2D eigenvalue weighted by molar-refractivity contribution is 7.10. The summed E-state index contributed by atoms with van der Waals surface area (Å²) >= 11 is 1.57. The molecular formula is C21H22N2O3S. The van der Waals surface area contributed by atoms with Gasteiger partial charge in [-0.1, -0.05) is 31.2 Å². The van der Waals surface area contributed by atoms with Crippen LogP contribution in [-0.2, 0) is 16.0 Å².